The standard InChI is InChI=1S/C15H16N2O2S/c1-11(18)13-10-20-15(16-13)17-14(19)9-5-8-12-6-3-2-4-7-12/h2-4,6-7,10H,5,8-9H2,1H3,(H,16,17,19). The van der Waals surface area contributed by atoms with E-state index in [9.17, 15) is 9.59 Å². The van der Waals surface area contributed by atoms with E-state index >= 15 is 0 Å². The van der Waals surface area contributed by atoms with Crippen LogP contribution in [-0.2, 0) is 11.2 Å². The van der Waals surface area contributed by atoms with Gasteiger partial charge in [-0.25, -0.2) is 4.98 Å². The molecule has 1 aromatic heterocycles. The molecule has 0 spiro atoms. The summed E-state index contributed by atoms with van der Waals surface area (Å²) in [6, 6.07) is 10.1. The van der Waals surface area contributed by atoms with E-state index in [0.29, 0.717) is 17.2 Å². The lowest BCUT2D eigenvalue weighted by Gasteiger charge is -2.02. The highest BCUT2D eigenvalue weighted by Crippen LogP contribution is 2.16. The fourth-order valence-electron chi connectivity index (χ4n) is 1.77. The summed E-state index contributed by atoms with van der Waals surface area (Å²) >= 11 is 1.27. The van der Waals surface area contributed by atoms with E-state index in [4.69, 9.17) is 0 Å². The van der Waals surface area contributed by atoms with Crippen molar-refractivity contribution in [1.29, 1.82) is 0 Å². The molecule has 0 saturated heterocycles. The van der Waals surface area contributed by atoms with Crippen molar-refractivity contribution in [2.45, 2.75) is 26.2 Å². The number of hydrogen-bond acceptors (Lipinski definition) is 4. The van der Waals surface area contributed by atoms with Gasteiger partial charge in [-0.1, -0.05) is 30.3 Å². The topological polar surface area (TPSA) is 59.1 Å². The number of aromatic nitrogens is 1. The molecule has 0 radical (unpaired) electrons. The average molecular weight is 288 g/mol. The highest BCUT2D eigenvalue weighted by molar-refractivity contribution is 7.14. The average Bonchev–Trinajstić information content (AvgIpc) is 2.88. The van der Waals surface area contributed by atoms with Crippen molar-refractivity contribution >= 4 is 28.2 Å². The van der Waals surface area contributed by atoms with E-state index in [1.165, 1.54) is 23.8 Å². The van der Waals surface area contributed by atoms with Gasteiger partial charge < -0.3 is 5.32 Å². The number of nitrogens with one attached hydrogen (secondary N) is 1. The summed E-state index contributed by atoms with van der Waals surface area (Å²) in [7, 11) is 0. The van der Waals surface area contributed by atoms with Gasteiger partial charge in [0, 0.05) is 18.7 Å². The lowest BCUT2D eigenvalue weighted by Crippen LogP contribution is -2.11. The largest absolute Gasteiger partial charge is 0.302 e. The molecule has 104 valence electrons. The Morgan fingerprint density at radius 1 is 1.25 bits per heavy atom. The molecule has 0 aliphatic carbocycles. The maximum Gasteiger partial charge on any atom is 0.226 e. The molecule has 0 fully saturated rings. The smallest absolute Gasteiger partial charge is 0.226 e. The zero-order valence-corrected chi connectivity index (χ0v) is 12.1. The van der Waals surface area contributed by atoms with Crippen LogP contribution in [0.5, 0.6) is 0 Å². The van der Waals surface area contributed by atoms with Crippen molar-refractivity contribution in [2.24, 2.45) is 0 Å². The summed E-state index contributed by atoms with van der Waals surface area (Å²) in [6.07, 6.45) is 2.12. The number of amides is 1. The minimum absolute atomic E-state index is 0.0645. The third-order valence-corrected chi connectivity index (χ3v) is 3.58. The van der Waals surface area contributed by atoms with Crippen LogP contribution in [0, 0.1) is 0 Å². The molecule has 1 aromatic carbocycles. The van der Waals surface area contributed by atoms with E-state index in [1.54, 1.807) is 5.38 Å². The molecule has 4 nitrogen and oxygen atoms in total. The van der Waals surface area contributed by atoms with E-state index in [2.05, 4.69) is 22.4 Å². The Hall–Kier alpha value is -2.01. The van der Waals surface area contributed by atoms with Gasteiger partial charge in [0.15, 0.2) is 10.9 Å². The van der Waals surface area contributed by atoms with Crippen LogP contribution in [0.3, 0.4) is 0 Å². The molecule has 0 aliphatic rings. The number of rotatable bonds is 6. The maximum absolute atomic E-state index is 11.8. The van der Waals surface area contributed by atoms with Crippen LogP contribution in [0.15, 0.2) is 35.7 Å². The van der Waals surface area contributed by atoms with Gasteiger partial charge in [-0.2, -0.15) is 0 Å². The van der Waals surface area contributed by atoms with Gasteiger partial charge in [-0.05, 0) is 18.4 Å². The second-order valence-corrected chi connectivity index (χ2v) is 5.34. The minimum Gasteiger partial charge on any atom is -0.302 e. The third-order valence-electron chi connectivity index (χ3n) is 2.82. The number of carbonyl (C=O) groups is 2. The predicted octanol–water partition coefficient (Wildman–Crippen LogP) is 3.31. The van der Waals surface area contributed by atoms with E-state index in [-0.39, 0.29) is 11.7 Å². The van der Waals surface area contributed by atoms with Crippen LogP contribution in [-0.4, -0.2) is 16.7 Å². The number of aryl methyl sites for hydroxylation is 1. The number of nitrogens with zero attached hydrogens (tertiary/aromatic N) is 1. The second kappa shape index (κ2) is 6.96. The van der Waals surface area contributed by atoms with Crippen LogP contribution in [0.4, 0.5) is 5.13 Å². The molecule has 0 bridgehead atoms. The first-order valence-electron chi connectivity index (χ1n) is 6.45. The number of ketones is 1. The highest BCUT2D eigenvalue weighted by atomic mass is 32.1. The minimum atomic E-state index is -0.0918. The molecule has 1 amide bonds. The molecule has 0 atom stereocenters. The van der Waals surface area contributed by atoms with Crippen LogP contribution in [0.1, 0.15) is 35.8 Å². The van der Waals surface area contributed by atoms with E-state index in [1.807, 2.05) is 18.2 Å². The SMILES string of the molecule is CC(=O)c1csc(NC(=O)CCCc2ccccc2)n1. The summed E-state index contributed by atoms with van der Waals surface area (Å²) in [4.78, 5) is 26.9. The second-order valence-electron chi connectivity index (χ2n) is 4.48. The Balaban J connectivity index is 1.76. The molecule has 0 unspecified atom stereocenters. The fraction of sp³-hybridized carbons (Fsp3) is 0.267. The molecule has 5 heteroatoms. The van der Waals surface area contributed by atoms with Crippen LogP contribution < -0.4 is 5.32 Å². The highest BCUT2D eigenvalue weighted by Gasteiger charge is 2.08. The Kier molecular flexibility index (Phi) is 5.01. The van der Waals surface area contributed by atoms with Gasteiger partial charge in [0.25, 0.3) is 0 Å². The van der Waals surface area contributed by atoms with Crippen molar-refractivity contribution in [2.75, 3.05) is 5.32 Å². The number of benzene rings is 1. The fourth-order valence-corrected chi connectivity index (χ4v) is 2.54. The Morgan fingerprint density at radius 3 is 2.65 bits per heavy atom. The van der Waals surface area contributed by atoms with Gasteiger partial charge in [0.1, 0.15) is 5.69 Å². The van der Waals surface area contributed by atoms with Gasteiger partial charge in [0.2, 0.25) is 5.91 Å². The molecular formula is C15H16N2O2S. The first-order chi connectivity index (χ1) is 9.65. The van der Waals surface area contributed by atoms with Gasteiger partial charge >= 0.3 is 0 Å². The molecule has 2 aromatic rings. The Labute approximate surface area is 121 Å². The van der Waals surface area contributed by atoms with Gasteiger partial charge in [-0.3, -0.25) is 9.59 Å². The molecule has 2 rings (SSSR count). The van der Waals surface area contributed by atoms with Crippen LogP contribution in [0.2, 0.25) is 0 Å². The summed E-state index contributed by atoms with van der Waals surface area (Å²) in [5.74, 6) is -0.156. The van der Waals surface area contributed by atoms with Crippen molar-refractivity contribution in [3.63, 3.8) is 0 Å². The molecule has 1 N–H and O–H groups in total. The monoisotopic (exact) mass is 288 g/mol. The first-order valence-corrected chi connectivity index (χ1v) is 7.33. The molecule has 0 saturated carbocycles. The summed E-state index contributed by atoms with van der Waals surface area (Å²) in [6.45, 7) is 1.46. The van der Waals surface area contributed by atoms with E-state index < -0.39 is 0 Å². The lowest BCUT2D eigenvalue weighted by atomic mass is 10.1. The Bertz CT molecular complexity index is 593. The van der Waals surface area contributed by atoms with Crippen molar-refractivity contribution in [1.82, 2.24) is 4.98 Å². The molecule has 20 heavy (non-hydrogen) atoms. The van der Waals surface area contributed by atoms with Gasteiger partial charge in [0.05, 0.1) is 0 Å². The van der Waals surface area contributed by atoms with Gasteiger partial charge in [-0.15, -0.1) is 11.3 Å². The molecule has 1 heterocycles. The lowest BCUT2D eigenvalue weighted by molar-refractivity contribution is -0.116. The van der Waals surface area contributed by atoms with Crippen molar-refractivity contribution in [3.8, 4) is 0 Å². The number of thiazole rings is 1. The number of carbonyl (C=O) groups excluding carboxylic acids is 2. The van der Waals surface area contributed by atoms with Crippen molar-refractivity contribution in [3.05, 3.63) is 47.0 Å². The van der Waals surface area contributed by atoms with E-state index in [0.717, 1.165) is 12.8 Å². The first kappa shape index (κ1) is 14.4. The Morgan fingerprint density at radius 2 is 2.00 bits per heavy atom. The van der Waals surface area contributed by atoms with Crippen LogP contribution in [0.25, 0.3) is 0 Å². The third kappa shape index (κ3) is 4.28. The zero-order valence-electron chi connectivity index (χ0n) is 11.3. The quantitative estimate of drug-likeness (QED) is 0.830. The van der Waals surface area contributed by atoms with Crippen molar-refractivity contribution < 1.29 is 9.59 Å². The maximum atomic E-state index is 11.8. The van der Waals surface area contributed by atoms with Crippen LogP contribution >= 0.6 is 11.3 Å². The number of Topliss-reactive ketones (excluding diaryl/α,β-unsaturated/α-hetero) is 1. The normalized spacial score (nSPS) is 10.2. The zero-order chi connectivity index (χ0) is 14.4. The summed E-state index contributed by atoms with van der Waals surface area (Å²) < 4.78 is 0. The number of hydrogen-bond donors (Lipinski definition) is 1. The predicted molar refractivity (Wildman–Crippen MR) is 80.1 cm³/mol. The molecular weight excluding hydrogens is 272 g/mol. The summed E-state index contributed by atoms with van der Waals surface area (Å²) in [5.41, 5.74) is 1.63. The summed E-state index contributed by atoms with van der Waals surface area (Å²) in [5, 5.41) is 4.86. The molecule has 0 aliphatic heterocycles. The number of anilines is 1.